The summed E-state index contributed by atoms with van der Waals surface area (Å²) in [7, 11) is 0. The zero-order valence-corrected chi connectivity index (χ0v) is 9.60. The average Bonchev–Trinajstić information content (AvgIpc) is 2.57. The Morgan fingerprint density at radius 3 is 3.20 bits per heavy atom. The second-order valence-electron chi connectivity index (χ2n) is 3.85. The molecule has 1 aromatic heterocycles. The minimum absolute atomic E-state index is 1.10. The Bertz CT molecular complexity index is 502. The molecule has 3 heteroatoms. The zero-order chi connectivity index (χ0) is 10.3. The van der Waals surface area contributed by atoms with Gasteiger partial charge in [-0.15, -0.1) is 0 Å². The van der Waals surface area contributed by atoms with Gasteiger partial charge in [0.15, 0.2) is 0 Å². The van der Waals surface area contributed by atoms with Crippen LogP contribution in [0.5, 0.6) is 0 Å². The molecule has 78 valence electrons. The van der Waals surface area contributed by atoms with Crippen LogP contribution < -0.4 is 4.72 Å². The first-order valence-electron chi connectivity index (χ1n) is 5.38. The van der Waals surface area contributed by atoms with Gasteiger partial charge in [-0.2, -0.15) is 0 Å². The van der Waals surface area contributed by atoms with Crippen LogP contribution in [-0.2, 0) is 13.0 Å². The van der Waals surface area contributed by atoms with Crippen LogP contribution in [0.2, 0.25) is 0 Å². The highest BCUT2D eigenvalue weighted by atomic mass is 32.2. The summed E-state index contributed by atoms with van der Waals surface area (Å²) >= 11 is 1.79. The molecular formula is C12H14N2S. The predicted molar refractivity (Wildman–Crippen MR) is 67.4 cm³/mol. The van der Waals surface area contributed by atoms with Crippen LogP contribution in [0.15, 0.2) is 24.4 Å². The molecule has 0 unspecified atom stereocenters. The van der Waals surface area contributed by atoms with Gasteiger partial charge in [0.2, 0.25) is 0 Å². The molecule has 3 rings (SSSR count). The molecule has 0 radical (unpaired) electrons. The van der Waals surface area contributed by atoms with Gasteiger partial charge in [-0.05, 0) is 24.1 Å². The zero-order valence-electron chi connectivity index (χ0n) is 8.79. The smallest absolute Gasteiger partial charge is 0.0727 e. The maximum absolute atomic E-state index is 3.42. The standard InChI is InChI=1S/C12H14N2S/c1-2-9-3-4-11-12-10(9)5-6-14(12)7-8-15-13-11/h3-6,13H,2,7-8H2,1H3. The molecule has 0 fully saturated rings. The Hall–Kier alpha value is -1.09. The number of hydrogen-bond donors (Lipinski definition) is 1. The summed E-state index contributed by atoms with van der Waals surface area (Å²) < 4.78 is 5.78. The van der Waals surface area contributed by atoms with E-state index in [2.05, 4.69) is 40.6 Å². The Kier molecular flexibility index (Phi) is 2.13. The van der Waals surface area contributed by atoms with Crippen molar-refractivity contribution in [2.45, 2.75) is 19.9 Å². The second kappa shape index (κ2) is 3.49. The van der Waals surface area contributed by atoms with Crippen molar-refractivity contribution >= 4 is 28.5 Å². The Morgan fingerprint density at radius 1 is 1.40 bits per heavy atom. The van der Waals surface area contributed by atoms with Gasteiger partial charge in [0, 0.05) is 23.9 Å². The molecule has 1 N–H and O–H groups in total. The molecule has 1 aromatic carbocycles. The highest BCUT2D eigenvalue weighted by Gasteiger charge is 2.12. The fourth-order valence-corrected chi connectivity index (χ4v) is 2.94. The van der Waals surface area contributed by atoms with Crippen LogP contribution >= 0.6 is 11.9 Å². The lowest BCUT2D eigenvalue weighted by Crippen LogP contribution is -1.95. The van der Waals surface area contributed by atoms with Crippen molar-refractivity contribution in [3.05, 3.63) is 30.0 Å². The third kappa shape index (κ3) is 1.34. The number of nitrogens with zero attached hydrogens (tertiary/aromatic N) is 1. The van der Waals surface area contributed by atoms with Gasteiger partial charge in [-0.25, -0.2) is 0 Å². The summed E-state index contributed by atoms with van der Waals surface area (Å²) in [5.41, 5.74) is 4.08. The van der Waals surface area contributed by atoms with Crippen LogP contribution in [0.3, 0.4) is 0 Å². The van der Waals surface area contributed by atoms with Crippen molar-refractivity contribution in [3.63, 3.8) is 0 Å². The lowest BCUT2D eigenvalue weighted by molar-refractivity contribution is 0.811. The van der Waals surface area contributed by atoms with E-state index in [-0.39, 0.29) is 0 Å². The average molecular weight is 218 g/mol. The number of benzene rings is 1. The summed E-state index contributed by atoms with van der Waals surface area (Å²) in [4.78, 5) is 0. The number of aryl methyl sites for hydroxylation is 2. The molecular weight excluding hydrogens is 204 g/mol. The predicted octanol–water partition coefficient (Wildman–Crippen LogP) is 3.28. The van der Waals surface area contributed by atoms with Gasteiger partial charge < -0.3 is 9.29 Å². The van der Waals surface area contributed by atoms with Crippen molar-refractivity contribution in [1.82, 2.24) is 4.57 Å². The Morgan fingerprint density at radius 2 is 2.33 bits per heavy atom. The fraction of sp³-hybridized carbons (Fsp3) is 0.333. The Labute approximate surface area is 93.8 Å². The summed E-state index contributed by atoms with van der Waals surface area (Å²) in [6, 6.07) is 6.69. The molecule has 2 nitrogen and oxygen atoms in total. The highest BCUT2D eigenvalue weighted by Crippen LogP contribution is 2.32. The minimum atomic E-state index is 1.10. The molecule has 0 spiro atoms. The van der Waals surface area contributed by atoms with Crippen molar-refractivity contribution < 1.29 is 0 Å². The first-order chi connectivity index (χ1) is 7.40. The number of anilines is 1. The lowest BCUT2D eigenvalue weighted by Gasteiger charge is -2.07. The van der Waals surface area contributed by atoms with Gasteiger partial charge in [0.25, 0.3) is 0 Å². The van der Waals surface area contributed by atoms with E-state index in [9.17, 15) is 0 Å². The molecule has 0 saturated heterocycles. The quantitative estimate of drug-likeness (QED) is 0.740. The first-order valence-corrected chi connectivity index (χ1v) is 6.37. The van der Waals surface area contributed by atoms with Crippen LogP contribution in [0.1, 0.15) is 12.5 Å². The number of rotatable bonds is 1. The van der Waals surface area contributed by atoms with Crippen molar-refractivity contribution in [3.8, 4) is 0 Å². The van der Waals surface area contributed by atoms with Crippen LogP contribution in [0.25, 0.3) is 10.9 Å². The molecule has 1 aliphatic rings. The van der Waals surface area contributed by atoms with Crippen LogP contribution in [0.4, 0.5) is 5.69 Å². The topological polar surface area (TPSA) is 17.0 Å². The van der Waals surface area contributed by atoms with Crippen LogP contribution in [0, 0.1) is 0 Å². The molecule has 15 heavy (non-hydrogen) atoms. The van der Waals surface area contributed by atoms with Gasteiger partial charge >= 0.3 is 0 Å². The third-order valence-corrected chi connectivity index (χ3v) is 3.76. The fourth-order valence-electron chi connectivity index (χ4n) is 2.23. The van der Waals surface area contributed by atoms with E-state index < -0.39 is 0 Å². The van der Waals surface area contributed by atoms with Gasteiger partial charge in [-0.1, -0.05) is 24.9 Å². The highest BCUT2D eigenvalue weighted by molar-refractivity contribution is 8.00. The van der Waals surface area contributed by atoms with E-state index >= 15 is 0 Å². The first kappa shape index (κ1) is 9.16. The van der Waals surface area contributed by atoms with E-state index in [1.807, 2.05) is 0 Å². The maximum Gasteiger partial charge on any atom is 0.0727 e. The van der Waals surface area contributed by atoms with E-state index in [0.717, 1.165) is 18.7 Å². The molecule has 0 saturated carbocycles. The summed E-state index contributed by atoms with van der Waals surface area (Å²) in [5, 5.41) is 1.41. The van der Waals surface area contributed by atoms with E-state index in [0.29, 0.717) is 0 Å². The molecule has 1 aliphatic heterocycles. The number of nitrogens with one attached hydrogen (secondary N) is 1. The molecule has 2 heterocycles. The number of hydrogen-bond acceptors (Lipinski definition) is 2. The molecule has 2 aromatic rings. The molecule has 0 atom stereocenters. The molecule has 0 amide bonds. The second-order valence-corrected chi connectivity index (χ2v) is 4.75. The van der Waals surface area contributed by atoms with Crippen LogP contribution in [-0.4, -0.2) is 10.3 Å². The van der Waals surface area contributed by atoms with Gasteiger partial charge in [-0.3, -0.25) is 0 Å². The van der Waals surface area contributed by atoms with Gasteiger partial charge in [0.05, 0.1) is 11.2 Å². The molecule has 0 bridgehead atoms. The van der Waals surface area contributed by atoms with E-state index in [4.69, 9.17) is 0 Å². The summed E-state index contributed by atoms with van der Waals surface area (Å²) in [6.07, 6.45) is 3.31. The lowest BCUT2D eigenvalue weighted by atomic mass is 10.1. The van der Waals surface area contributed by atoms with Crippen molar-refractivity contribution in [2.24, 2.45) is 0 Å². The number of aromatic nitrogens is 1. The molecule has 0 aliphatic carbocycles. The third-order valence-electron chi connectivity index (χ3n) is 3.01. The summed E-state index contributed by atoms with van der Waals surface area (Å²) in [6.45, 7) is 3.31. The minimum Gasteiger partial charge on any atom is -0.345 e. The van der Waals surface area contributed by atoms with Crippen molar-refractivity contribution in [1.29, 1.82) is 0 Å². The van der Waals surface area contributed by atoms with E-state index in [1.54, 1.807) is 11.9 Å². The van der Waals surface area contributed by atoms with E-state index in [1.165, 1.54) is 22.2 Å². The Balaban J connectivity index is 2.35. The largest absolute Gasteiger partial charge is 0.345 e. The monoisotopic (exact) mass is 218 g/mol. The SMILES string of the molecule is CCc1ccc2c3c1ccn3CCSN2. The van der Waals surface area contributed by atoms with Crippen molar-refractivity contribution in [2.75, 3.05) is 10.5 Å². The maximum atomic E-state index is 3.42. The normalized spacial score (nSPS) is 15.0. The summed E-state index contributed by atoms with van der Waals surface area (Å²) in [5.74, 6) is 1.12. The van der Waals surface area contributed by atoms with Gasteiger partial charge in [0.1, 0.15) is 0 Å².